The lowest BCUT2D eigenvalue weighted by atomic mass is 10.3. The molecule has 23 heavy (non-hydrogen) atoms. The Kier molecular flexibility index (Phi) is 7.70. The Morgan fingerprint density at radius 3 is 2.26 bits per heavy atom. The van der Waals surface area contributed by atoms with Gasteiger partial charge in [0, 0.05) is 18.6 Å². The molecule has 7 nitrogen and oxygen atoms in total. The Morgan fingerprint density at radius 1 is 1.04 bits per heavy atom. The summed E-state index contributed by atoms with van der Waals surface area (Å²) in [5.41, 5.74) is 0.673. The van der Waals surface area contributed by atoms with E-state index in [0.29, 0.717) is 5.69 Å². The summed E-state index contributed by atoms with van der Waals surface area (Å²) in [6, 6.07) is 7.28. The summed E-state index contributed by atoms with van der Waals surface area (Å²) in [5.74, 6) is -0.722. The number of benzene rings is 1. The highest BCUT2D eigenvalue weighted by molar-refractivity contribution is 9.10. The van der Waals surface area contributed by atoms with Crippen molar-refractivity contribution in [2.75, 3.05) is 46.1 Å². The standard InChI is InChI=1S/C15H21BrN4O3/c1-19(2)15(23)8-17-13(21)9-20(3)10-14(22)18-12-7-5-4-6-11(12)16/h4-7H,8-10H2,1-3H3,(H,17,21)(H,18,22). The minimum absolute atomic E-state index is 0.0318. The largest absolute Gasteiger partial charge is 0.347 e. The molecule has 0 saturated heterocycles. The number of halogens is 1. The van der Waals surface area contributed by atoms with Crippen LogP contribution in [0, 0.1) is 0 Å². The maximum absolute atomic E-state index is 11.9. The predicted octanol–water partition coefficient (Wildman–Crippen LogP) is 0.524. The van der Waals surface area contributed by atoms with Crippen molar-refractivity contribution >= 4 is 39.3 Å². The zero-order valence-corrected chi connectivity index (χ0v) is 15.0. The van der Waals surface area contributed by atoms with Gasteiger partial charge in [0.2, 0.25) is 17.7 Å². The summed E-state index contributed by atoms with van der Waals surface area (Å²) in [6.07, 6.45) is 0. The molecule has 0 spiro atoms. The van der Waals surface area contributed by atoms with Crippen LogP contribution in [0.5, 0.6) is 0 Å². The second-order valence-corrected chi connectivity index (χ2v) is 6.12. The van der Waals surface area contributed by atoms with Crippen LogP contribution in [0.15, 0.2) is 28.7 Å². The van der Waals surface area contributed by atoms with Gasteiger partial charge in [-0.3, -0.25) is 19.3 Å². The Labute approximate surface area is 144 Å². The SMILES string of the molecule is CN(CC(=O)NCC(=O)N(C)C)CC(=O)Nc1ccccc1Br. The first-order valence-corrected chi connectivity index (χ1v) is 7.78. The van der Waals surface area contributed by atoms with Gasteiger partial charge in [-0.25, -0.2) is 0 Å². The minimum Gasteiger partial charge on any atom is -0.347 e. The predicted molar refractivity (Wildman–Crippen MR) is 92.0 cm³/mol. The van der Waals surface area contributed by atoms with Crippen LogP contribution in [0.2, 0.25) is 0 Å². The van der Waals surface area contributed by atoms with Gasteiger partial charge in [0.15, 0.2) is 0 Å². The summed E-state index contributed by atoms with van der Waals surface area (Å²) >= 11 is 3.35. The third kappa shape index (κ3) is 7.25. The van der Waals surface area contributed by atoms with Crippen molar-refractivity contribution in [1.82, 2.24) is 15.1 Å². The van der Waals surface area contributed by atoms with Crippen LogP contribution in [0.4, 0.5) is 5.69 Å². The van der Waals surface area contributed by atoms with Crippen molar-refractivity contribution in [2.45, 2.75) is 0 Å². The maximum Gasteiger partial charge on any atom is 0.241 e. The topological polar surface area (TPSA) is 81.8 Å². The van der Waals surface area contributed by atoms with Crippen molar-refractivity contribution in [3.05, 3.63) is 28.7 Å². The number of carbonyl (C=O) groups is 3. The minimum atomic E-state index is -0.309. The molecule has 0 radical (unpaired) electrons. The summed E-state index contributed by atoms with van der Waals surface area (Å²) in [5, 5.41) is 5.28. The summed E-state index contributed by atoms with van der Waals surface area (Å²) < 4.78 is 0.788. The Morgan fingerprint density at radius 2 is 1.65 bits per heavy atom. The molecule has 0 unspecified atom stereocenters. The molecule has 1 aromatic rings. The molecule has 0 bridgehead atoms. The fraction of sp³-hybridized carbons (Fsp3) is 0.400. The summed E-state index contributed by atoms with van der Waals surface area (Å²) in [4.78, 5) is 38.0. The summed E-state index contributed by atoms with van der Waals surface area (Å²) in [7, 11) is 4.90. The average Bonchev–Trinajstić information content (AvgIpc) is 2.46. The van der Waals surface area contributed by atoms with Crippen molar-refractivity contribution in [2.24, 2.45) is 0 Å². The van der Waals surface area contributed by atoms with Crippen molar-refractivity contribution < 1.29 is 14.4 Å². The number of carbonyl (C=O) groups excluding carboxylic acids is 3. The average molecular weight is 385 g/mol. The number of rotatable bonds is 7. The van der Waals surface area contributed by atoms with E-state index in [4.69, 9.17) is 0 Å². The number of amides is 3. The van der Waals surface area contributed by atoms with Crippen LogP contribution >= 0.6 is 15.9 Å². The van der Waals surface area contributed by atoms with Gasteiger partial charge >= 0.3 is 0 Å². The lowest BCUT2D eigenvalue weighted by molar-refractivity contribution is -0.131. The van der Waals surface area contributed by atoms with Gasteiger partial charge in [-0.2, -0.15) is 0 Å². The van der Waals surface area contributed by atoms with Crippen molar-refractivity contribution in [3.63, 3.8) is 0 Å². The first kappa shape index (κ1) is 19.1. The molecular formula is C15H21BrN4O3. The normalized spacial score (nSPS) is 10.3. The van der Waals surface area contributed by atoms with Crippen molar-refractivity contribution in [1.29, 1.82) is 0 Å². The van der Waals surface area contributed by atoms with Crippen LogP contribution in [0.25, 0.3) is 0 Å². The number of nitrogens with zero attached hydrogens (tertiary/aromatic N) is 2. The number of hydrogen-bond acceptors (Lipinski definition) is 4. The lowest BCUT2D eigenvalue weighted by Gasteiger charge is -2.17. The second-order valence-electron chi connectivity index (χ2n) is 5.27. The van der Waals surface area contributed by atoms with Crippen LogP contribution < -0.4 is 10.6 Å². The Balaban J connectivity index is 2.36. The summed E-state index contributed by atoms with van der Waals surface area (Å²) in [6.45, 7) is 0.0449. The number of hydrogen-bond donors (Lipinski definition) is 2. The molecule has 0 aliphatic carbocycles. The van der Waals surface area contributed by atoms with E-state index in [0.717, 1.165) is 4.47 Å². The molecule has 0 aliphatic rings. The van der Waals surface area contributed by atoms with E-state index in [9.17, 15) is 14.4 Å². The molecule has 0 saturated carbocycles. The van der Waals surface area contributed by atoms with Gasteiger partial charge in [0.25, 0.3) is 0 Å². The van der Waals surface area contributed by atoms with Crippen LogP contribution in [-0.2, 0) is 14.4 Å². The van der Waals surface area contributed by atoms with Crippen LogP contribution in [0.3, 0.4) is 0 Å². The Hall–Kier alpha value is -1.93. The van der Waals surface area contributed by atoms with Crippen molar-refractivity contribution in [3.8, 4) is 0 Å². The fourth-order valence-corrected chi connectivity index (χ4v) is 2.07. The van der Waals surface area contributed by atoms with Crippen LogP contribution in [-0.4, -0.2) is 68.3 Å². The van der Waals surface area contributed by atoms with Crippen LogP contribution in [0.1, 0.15) is 0 Å². The molecule has 0 aromatic heterocycles. The molecule has 0 aliphatic heterocycles. The van der Waals surface area contributed by atoms with Gasteiger partial charge < -0.3 is 15.5 Å². The smallest absolute Gasteiger partial charge is 0.241 e. The van der Waals surface area contributed by atoms with E-state index < -0.39 is 0 Å². The van der Waals surface area contributed by atoms with Gasteiger partial charge in [-0.05, 0) is 35.1 Å². The van der Waals surface area contributed by atoms with E-state index in [-0.39, 0.29) is 37.4 Å². The second kappa shape index (κ2) is 9.26. The molecule has 0 fully saturated rings. The first-order chi connectivity index (χ1) is 10.8. The number of nitrogens with one attached hydrogen (secondary N) is 2. The number of para-hydroxylation sites is 1. The van der Waals surface area contributed by atoms with Gasteiger partial charge in [-0.1, -0.05) is 12.1 Å². The molecule has 0 heterocycles. The van der Waals surface area contributed by atoms with E-state index in [2.05, 4.69) is 26.6 Å². The van der Waals surface area contributed by atoms with Gasteiger partial charge in [0.05, 0.1) is 25.3 Å². The third-order valence-corrected chi connectivity index (χ3v) is 3.60. The molecule has 126 valence electrons. The molecule has 2 N–H and O–H groups in total. The zero-order chi connectivity index (χ0) is 17.4. The highest BCUT2D eigenvalue weighted by atomic mass is 79.9. The highest BCUT2D eigenvalue weighted by Gasteiger charge is 2.13. The monoisotopic (exact) mass is 384 g/mol. The maximum atomic E-state index is 11.9. The van der Waals surface area contributed by atoms with Gasteiger partial charge in [-0.15, -0.1) is 0 Å². The molecule has 3 amide bonds. The van der Waals surface area contributed by atoms with E-state index >= 15 is 0 Å². The molecule has 8 heteroatoms. The van der Waals surface area contributed by atoms with E-state index in [1.165, 1.54) is 4.90 Å². The quantitative estimate of drug-likeness (QED) is 0.717. The van der Waals surface area contributed by atoms with E-state index in [1.807, 2.05) is 18.2 Å². The Bertz CT molecular complexity index is 578. The number of anilines is 1. The zero-order valence-electron chi connectivity index (χ0n) is 13.4. The number of likely N-dealkylation sites (N-methyl/N-ethyl adjacent to an activating group) is 2. The van der Waals surface area contributed by atoms with Gasteiger partial charge in [0.1, 0.15) is 0 Å². The lowest BCUT2D eigenvalue weighted by Crippen LogP contribution is -2.42. The highest BCUT2D eigenvalue weighted by Crippen LogP contribution is 2.20. The third-order valence-electron chi connectivity index (χ3n) is 2.91. The fourth-order valence-electron chi connectivity index (χ4n) is 1.69. The molecular weight excluding hydrogens is 364 g/mol. The molecule has 1 aromatic carbocycles. The molecule has 0 atom stereocenters. The van der Waals surface area contributed by atoms with E-state index in [1.54, 1.807) is 32.1 Å². The first-order valence-electron chi connectivity index (χ1n) is 6.99. The molecule has 1 rings (SSSR count).